The molecule has 1 aliphatic carbocycles. The second-order valence-electron chi connectivity index (χ2n) is 4.66. The maximum Gasteiger partial charge on any atom is 0.308 e. The summed E-state index contributed by atoms with van der Waals surface area (Å²) in [7, 11) is 0. The Morgan fingerprint density at radius 3 is 2.75 bits per heavy atom. The first-order chi connectivity index (χ1) is 9.65. The van der Waals surface area contributed by atoms with Crippen LogP contribution in [-0.2, 0) is 14.3 Å². The van der Waals surface area contributed by atoms with Gasteiger partial charge in [0.2, 0.25) is 5.95 Å². The van der Waals surface area contributed by atoms with Crippen LogP contribution in [0.2, 0.25) is 0 Å². The number of nitrogens with zero attached hydrogens (tertiary/aromatic N) is 2. The van der Waals surface area contributed by atoms with Crippen LogP contribution in [0.15, 0.2) is 18.5 Å². The molecule has 0 radical (unpaired) electrons. The summed E-state index contributed by atoms with van der Waals surface area (Å²) in [6.07, 6.45) is 4.63. The van der Waals surface area contributed by atoms with Crippen LogP contribution in [0.5, 0.6) is 0 Å². The number of hydrogen-bond donors (Lipinski definition) is 2. The monoisotopic (exact) mass is 278 g/mol. The van der Waals surface area contributed by atoms with Crippen molar-refractivity contribution in [3.8, 4) is 0 Å². The molecule has 2 N–H and O–H groups in total. The minimum absolute atomic E-state index is 0.152. The van der Waals surface area contributed by atoms with Gasteiger partial charge in [0, 0.05) is 25.0 Å². The van der Waals surface area contributed by atoms with Gasteiger partial charge in [0.05, 0.1) is 6.42 Å². The summed E-state index contributed by atoms with van der Waals surface area (Å²) in [5.74, 6) is -0.202. The summed E-state index contributed by atoms with van der Waals surface area (Å²) in [4.78, 5) is 31.1. The standard InChI is InChI=1S/C13H18N4O3/c1-9(12(19)17-10-3-4-10)20-11(18)5-8-16-13-14-6-2-7-15-13/h2,6-7,9-10H,3-5,8H2,1H3,(H,17,19)(H,14,15,16). The third kappa shape index (κ3) is 4.83. The summed E-state index contributed by atoms with van der Waals surface area (Å²) < 4.78 is 5.05. The Kier molecular flexibility index (Phi) is 4.86. The van der Waals surface area contributed by atoms with Crippen molar-refractivity contribution >= 4 is 17.8 Å². The van der Waals surface area contributed by atoms with E-state index in [0.29, 0.717) is 12.5 Å². The SMILES string of the molecule is CC(OC(=O)CCNc1ncccn1)C(=O)NC1CC1. The molecule has 1 fully saturated rings. The Bertz CT molecular complexity index is 462. The van der Waals surface area contributed by atoms with Gasteiger partial charge in [0.25, 0.3) is 5.91 Å². The largest absolute Gasteiger partial charge is 0.452 e. The molecule has 1 aliphatic rings. The maximum absolute atomic E-state index is 11.6. The molecule has 1 aromatic rings. The average Bonchev–Trinajstić information content (AvgIpc) is 3.23. The summed E-state index contributed by atoms with van der Waals surface area (Å²) >= 11 is 0. The van der Waals surface area contributed by atoms with Gasteiger partial charge >= 0.3 is 5.97 Å². The van der Waals surface area contributed by atoms with E-state index in [1.54, 1.807) is 25.4 Å². The van der Waals surface area contributed by atoms with Crippen molar-refractivity contribution in [2.24, 2.45) is 0 Å². The number of rotatable bonds is 7. The molecule has 1 heterocycles. The minimum Gasteiger partial charge on any atom is -0.452 e. The molecule has 0 aromatic carbocycles. The summed E-state index contributed by atoms with van der Waals surface area (Å²) in [6, 6.07) is 1.97. The van der Waals surface area contributed by atoms with Crippen LogP contribution in [0, 0.1) is 0 Å². The normalized spacial score (nSPS) is 15.2. The summed E-state index contributed by atoms with van der Waals surface area (Å²) in [5.41, 5.74) is 0. The highest BCUT2D eigenvalue weighted by atomic mass is 16.5. The van der Waals surface area contributed by atoms with E-state index < -0.39 is 12.1 Å². The molecule has 1 atom stereocenters. The van der Waals surface area contributed by atoms with Crippen molar-refractivity contribution in [2.45, 2.75) is 38.3 Å². The lowest BCUT2D eigenvalue weighted by molar-refractivity contribution is -0.154. The first kappa shape index (κ1) is 14.2. The number of amides is 1. The molecule has 1 saturated carbocycles. The second kappa shape index (κ2) is 6.83. The molecule has 108 valence electrons. The van der Waals surface area contributed by atoms with Gasteiger partial charge in [0.15, 0.2) is 6.10 Å². The second-order valence-corrected chi connectivity index (χ2v) is 4.66. The molecule has 0 spiro atoms. The zero-order valence-electron chi connectivity index (χ0n) is 11.3. The van der Waals surface area contributed by atoms with Gasteiger partial charge in [-0.15, -0.1) is 0 Å². The molecule has 20 heavy (non-hydrogen) atoms. The number of ether oxygens (including phenoxy) is 1. The fourth-order valence-corrected chi connectivity index (χ4v) is 1.52. The number of esters is 1. The van der Waals surface area contributed by atoms with Crippen LogP contribution >= 0.6 is 0 Å². The number of carbonyl (C=O) groups is 2. The van der Waals surface area contributed by atoms with E-state index in [0.717, 1.165) is 12.8 Å². The van der Waals surface area contributed by atoms with E-state index in [1.807, 2.05) is 0 Å². The van der Waals surface area contributed by atoms with Crippen LogP contribution in [0.4, 0.5) is 5.95 Å². The highest BCUT2D eigenvalue weighted by Crippen LogP contribution is 2.18. The quantitative estimate of drug-likeness (QED) is 0.705. The summed E-state index contributed by atoms with van der Waals surface area (Å²) in [5, 5.41) is 5.69. The van der Waals surface area contributed by atoms with Crippen molar-refractivity contribution in [3.63, 3.8) is 0 Å². The van der Waals surface area contributed by atoms with E-state index >= 15 is 0 Å². The highest BCUT2D eigenvalue weighted by molar-refractivity contribution is 5.83. The highest BCUT2D eigenvalue weighted by Gasteiger charge is 2.26. The van der Waals surface area contributed by atoms with Crippen LogP contribution in [-0.4, -0.2) is 40.5 Å². The Morgan fingerprint density at radius 2 is 2.10 bits per heavy atom. The Balaban J connectivity index is 1.63. The molecule has 2 rings (SSSR count). The van der Waals surface area contributed by atoms with Crippen molar-refractivity contribution < 1.29 is 14.3 Å². The van der Waals surface area contributed by atoms with Gasteiger partial charge in [-0.3, -0.25) is 9.59 Å². The number of anilines is 1. The first-order valence-corrected chi connectivity index (χ1v) is 6.66. The van der Waals surface area contributed by atoms with Crippen LogP contribution in [0.3, 0.4) is 0 Å². The molecule has 1 amide bonds. The van der Waals surface area contributed by atoms with Gasteiger partial charge in [-0.05, 0) is 25.8 Å². The Morgan fingerprint density at radius 1 is 1.40 bits per heavy atom. The van der Waals surface area contributed by atoms with E-state index in [1.165, 1.54) is 0 Å². The van der Waals surface area contributed by atoms with E-state index in [9.17, 15) is 9.59 Å². The number of nitrogens with one attached hydrogen (secondary N) is 2. The zero-order chi connectivity index (χ0) is 14.4. The van der Waals surface area contributed by atoms with Gasteiger partial charge in [0.1, 0.15) is 0 Å². The average molecular weight is 278 g/mol. The fourth-order valence-electron chi connectivity index (χ4n) is 1.52. The first-order valence-electron chi connectivity index (χ1n) is 6.66. The number of hydrogen-bond acceptors (Lipinski definition) is 6. The lowest BCUT2D eigenvalue weighted by Crippen LogP contribution is -2.37. The molecular weight excluding hydrogens is 260 g/mol. The van der Waals surface area contributed by atoms with E-state index in [4.69, 9.17) is 4.74 Å². The molecule has 1 aromatic heterocycles. The lowest BCUT2D eigenvalue weighted by atomic mass is 10.3. The molecule has 1 unspecified atom stereocenters. The molecule has 0 bridgehead atoms. The molecule has 7 nitrogen and oxygen atoms in total. The smallest absolute Gasteiger partial charge is 0.308 e. The van der Waals surface area contributed by atoms with Crippen molar-refractivity contribution in [1.82, 2.24) is 15.3 Å². The molecule has 0 saturated heterocycles. The van der Waals surface area contributed by atoms with Gasteiger partial charge < -0.3 is 15.4 Å². The van der Waals surface area contributed by atoms with Crippen molar-refractivity contribution in [1.29, 1.82) is 0 Å². The third-order valence-electron chi connectivity index (χ3n) is 2.78. The van der Waals surface area contributed by atoms with E-state index in [2.05, 4.69) is 20.6 Å². The van der Waals surface area contributed by atoms with Gasteiger partial charge in [-0.1, -0.05) is 0 Å². The molecule has 7 heteroatoms. The number of carbonyl (C=O) groups excluding carboxylic acids is 2. The van der Waals surface area contributed by atoms with Gasteiger partial charge in [-0.2, -0.15) is 0 Å². The molecular formula is C13H18N4O3. The van der Waals surface area contributed by atoms with Crippen molar-refractivity contribution in [2.75, 3.05) is 11.9 Å². The van der Waals surface area contributed by atoms with Crippen LogP contribution in [0.25, 0.3) is 0 Å². The topological polar surface area (TPSA) is 93.2 Å². The molecule has 0 aliphatic heterocycles. The van der Waals surface area contributed by atoms with E-state index in [-0.39, 0.29) is 18.4 Å². The maximum atomic E-state index is 11.6. The Labute approximate surface area is 117 Å². The lowest BCUT2D eigenvalue weighted by Gasteiger charge is -2.13. The zero-order valence-corrected chi connectivity index (χ0v) is 11.3. The predicted molar refractivity (Wildman–Crippen MR) is 71.9 cm³/mol. The van der Waals surface area contributed by atoms with Crippen LogP contribution < -0.4 is 10.6 Å². The minimum atomic E-state index is -0.754. The van der Waals surface area contributed by atoms with Crippen LogP contribution in [0.1, 0.15) is 26.2 Å². The Hall–Kier alpha value is -2.18. The summed E-state index contributed by atoms with van der Waals surface area (Å²) in [6.45, 7) is 1.93. The number of aromatic nitrogens is 2. The van der Waals surface area contributed by atoms with Crippen molar-refractivity contribution in [3.05, 3.63) is 18.5 Å². The predicted octanol–water partition coefficient (Wildman–Crippen LogP) is 0.489. The fraction of sp³-hybridized carbons (Fsp3) is 0.538. The third-order valence-corrected chi connectivity index (χ3v) is 2.78. The van der Waals surface area contributed by atoms with Gasteiger partial charge in [-0.25, -0.2) is 9.97 Å².